The molecule has 0 amide bonds. The van der Waals surface area contributed by atoms with Crippen molar-refractivity contribution >= 4 is 16.9 Å². The van der Waals surface area contributed by atoms with Crippen molar-refractivity contribution in [2.24, 2.45) is 0 Å². The maximum absolute atomic E-state index is 4.56. The number of hydrogen-bond acceptors (Lipinski definition) is 5. The van der Waals surface area contributed by atoms with E-state index in [-0.39, 0.29) is 6.04 Å². The molecule has 0 radical (unpaired) electrons. The molecular formula is C14H17N5S. The van der Waals surface area contributed by atoms with Crippen LogP contribution in [0, 0.1) is 6.92 Å². The molecule has 1 N–H and O–H groups in total. The smallest absolute Gasteiger partial charge is 0.0897 e. The van der Waals surface area contributed by atoms with E-state index in [2.05, 4.69) is 32.7 Å². The fourth-order valence-corrected chi connectivity index (χ4v) is 3.00. The van der Waals surface area contributed by atoms with Gasteiger partial charge in [-0.15, -0.1) is 11.3 Å². The third-order valence-corrected chi connectivity index (χ3v) is 4.08. The van der Waals surface area contributed by atoms with E-state index in [1.165, 1.54) is 5.56 Å². The minimum atomic E-state index is 0.211. The molecule has 3 heterocycles. The summed E-state index contributed by atoms with van der Waals surface area (Å²) < 4.78 is 1.86. The van der Waals surface area contributed by atoms with Crippen LogP contribution in [0.3, 0.4) is 0 Å². The van der Waals surface area contributed by atoms with Crippen molar-refractivity contribution in [1.29, 1.82) is 0 Å². The van der Waals surface area contributed by atoms with Crippen LogP contribution in [-0.4, -0.2) is 26.1 Å². The molecule has 1 unspecified atom stereocenters. The molecule has 0 bridgehead atoms. The Kier molecular flexibility index (Phi) is 3.75. The minimum Gasteiger partial charge on any atom is -0.310 e. The molecule has 0 saturated carbocycles. The van der Waals surface area contributed by atoms with Gasteiger partial charge in [-0.25, -0.2) is 9.50 Å². The van der Waals surface area contributed by atoms with Crippen LogP contribution in [0.4, 0.5) is 0 Å². The first kappa shape index (κ1) is 13.2. The average molecular weight is 287 g/mol. The summed E-state index contributed by atoms with van der Waals surface area (Å²) in [5.41, 5.74) is 3.35. The average Bonchev–Trinajstić information content (AvgIpc) is 3.04. The van der Waals surface area contributed by atoms with Crippen LogP contribution < -0.4 is 5.32 Å². The quantitative estimate of drug-likeness (QED) is 0.783. The Balaban J connectivity index is 1.93. The fourth-order valence-electron chi connectivity index (χ4n) is 2.37. The van der Waals surface area contributed by atoms with Crippen molar-refractivity contribution in [3.8, 4) is 0 Å². The summed E-state index contributed by atoms with van der Waals surface area (Å²) in [4.78, 5) is 8.76. The zero-order chi connectivity index (χ0) is 13.9. The zero-order valence-corrected chi connectivity index (χ0v) is 12.4. The highest BCUT2D eigenvalue weighted by atomic mass is 32.1. The standard InChI is InChI=1S/C14H17N5S/c1-3-16-13(6-11-9-20-10(2)18-11)12-7-17-19-5-4-15-8-14(12)19/h4-5,7-9,13,16H,3,6H2,1-2H3. The number of nitrogens with one attached hydrogen (secondary N) is 1. The largest absolute Gasteiger partial charge is 0.310 e. The molecule has 0 fully saturated rings. The Morgan fingerprint density at radius 2 is 2.30 bits per heavy atom. The van der Waals surface area contributed by atoms with Gasteiger partial charge in [0.1, 0.15) is 0 Å². The lowest BCUT2D eigenvalue weighted by Crippen LogP contribution is -2.23. The summed E-state index contributed by atoms with van der Waals surface area (Å²) in [6, 6.07) is 0.211. The van der Waals surface area contributed by atoms with Gasteiger partial charge in [-0.2, -0.15) is 5.10 Å². The lowest BCUT2D eigenvalue weighted by atomic mass is 10.0. The molecule has 0 aliphatic rings. The highest BCUT2D eigenvalue weighted by Gasteiger charge is 2.17. The van der Waals surface area contributed by atoms with Crippen LogP contribution in [0.1, 0.15) is 29.2 Å². The fraction of sp³-hybridized carbons (Fsp3) is 0.357. The van der Waals surface area contributed by atoms with Crippen molar-refractivity contribution in [3.05, 3.63) is 46.4 Å². The normalized spacial score (nSPS) is 12.9. The number of hydrogen-bond donors (Lipinski definition) is 1. The number of rotatable bonds is 5. The Morgan fingerprint density at radius 3 is 3.05 bits per heavy atom. The third kappa shape index (κ3) is 2.57. The van der Waals surface area contributed by atoms with E-state index in [0.29, 0.717) is 0 Å². The van der Waals surface area contributed by atoms with Crippen molar-refractivity contribution in [2.75, 3.05) is 6.54 Å². The van der Waals surface area contributed by atoms with Gasteiger partial charge in [0.2, 0.25) is 0 Å². The van der Waals surface area contributed by atoms with Gasteiger partial charge in [0, 0.05) is 35.8 Å². The maximum atomic E-state index is 4.56. The topological polar surface area (TPSA) is 55.1 Å². The summed E-state index contributed by atoms with van der Waals surface area (Å²) in [5, 5.41) is 11.1. The van der Waals surface area contributed by atoms with Gasteiger partial charge >= 0.3 is 0 Å². The number of aromatic nitrogens is 4. The van der Waals surface area contributed by atoms with Gasteiger partial charge in [0.25, 0.3) is 0 Å². The molecule has 1 atom stereocenters. The Labute approximate surface area is 121 Å². The molecule has 3 aromatic rings. The molecule has 3 aromatic heterocycles. The number of aryl methyl sites for hydroxylation is 1. The Bertz CT molecular complexity index is 702. The van der Waals surface area contributed by atoms with Crippen molar-refractivity contribution in [2.45, 2.75) is 26.3 Å². The van der Waals surface area contributed by atoms with Crippen molar-refractivity contribution < 1.29 is 0 Å². The second-order valence-corrected chi connectivity index (χ2v) is 5.74. The molecule has 0 aromatic carbocycles. The first-order chi connectivity index (χ1) is 9.78. The molecule has 0 aliphatic heterocycles. The van der Waals surface area contributed by atoms with E-state index in [1.54, 1.807) is 17.5 Å². The number of nitrogens with zero attached hydrogens (tertiary/aromatic N) is 4. The lowest BCUT2D eigenvalue weighted by Gasteiger charge is -2.15. The van der Waals surface area contributed by atoms with Gasteiger partial charge < -0.3 is 5.32 Å². The molecule has 0 saturated heterocycles. The first-order valence-corrected chi connectivity index (χ1v) is 7.57. The molecular weight excluding hydrogens is 270 g/mol. The molecule has 0 spiro atoms. The first-order valence-electron chi connectivity index (χ1n) is 6.69. The van der Waals surface area contributed by atoms with E-state index in [9.17, 15) is 0 Å². The van der Waals surface area contributed by atoms with Gasteiger partial charge in [-0.05, 0) is 13.5 Å². The highest BCUT2D eigenvalue weighted by molar-refractivity contribution is 7.09. The summed E-state index contributed by atoms with van der Waals surface area (Å²) in [7, 11) is 0. The van der Waals surface area contributed by atoms with E-state index in [0.717, 1.165) is 29.2 Å². The molecule has 5 nitrogen and oxygen atoms in total. The predicted molar refractivity (Wildman–Crippen MR) is 80.0 cm³/mol. The van der Waals surface area contributed by atoms with Crippen LogP contribution in [0.2, 0.25) is 0 Å². The predicted octanol–water partition coefficient (Wildman–Crippen LogP) is 2.39. The highest BCUT2D eigenvalue weighted by Crippen LogP contribution is 2.23. The van der Waals surface area contributed by atoms with Gasteiger partial charge in [-0.1, -0.05) is 6.92 Å². The van der Waals surface area contributed by atoms with Gasteiger partial charge in [-0.3, -0.25) is 4.98 Å². The van der Waals surface area contributed by atoms with E-state index < -0.39 is 0 Å². The van der Waals surface area contributed by atoms with Crippen LogP contribution >= 0.6 is 11.3 Å². The van der Waals surface area contributed by atoms with Crippen molar-refractivity contribution in [3.63, 3.8) is 0 Å². The van der Waals surface area contributed by atoms with E-state index >= 15 is 0 Å². The minimum absolute atomic E-state index is 0.211. The summed E-state index contributed by atoms with van der Waals surface area (Å²) in [6.45, 7) is 5.06. The lowest BCUT2D eigenvalue weighted by molar-refractivity contribution is 0.548. The SMILES string of the molecule is CCNC(Cc1csc(C)n1)c1cnn2ccncc12. The van der Waals surface area contributed by atoms with E-state index in [1.807, 2.05) is 30.0 Å². The zero-order valence-electron chi connectivity index (χ0n) is 11.6. The second-order valence-electron chi connectivity index (χ2n) is 4.68. The number of fused-ring (bicyclic) bond motifs is 1. The van der Waals surface area contributed by atoms with Crippen molar-refractivity contribution in [1.82, 2.24) is 24.9 Å². The second kappa shape index (κ2) is 5.68. The maximum Gasteiger partial charge on any atom is 0.0897 e. The number of thiazole rings is 1. The van der Waals surface area contributed by atoms with Crippen LogP contribution in [0.25, 0.3) is 5.52 Å². The molecule has 3 rings (SSSR count). The van der Waals surface area contributed by atoms with Crippen LogP contribution in [0.15, 0.2) is 30.2 Å². The van der Waals surface area contributed by atoms with Gasteiger partial charge in [0.15, 0.2) is 0 Å². The summed E-state index contributed by atoms with van der Waals surface area (Å²) in [5.74, 6) is 0. The third-order valence-electron chi connectivity index (χ3n) is 3.26. The Morgan fingerprint density at radius 1 is 1.40 bits per heavy atom. The molecule has 104 valence electrons. The number of likely N-dealkylation sites (N-methyl/N-ethyl adjacent to an activating group) is 1. The monoisotopic (exact) mass is 287 g/mol. The molecule has 6 heteroatoms. The van der Waals surface area contributed by atoms with E-state index in [4.69, 9.17) is 0 Å². The molecule has 0 aliphatic carbocycles. The molecule has 20 heavy (non-hydrogen) atoms. The van der Waals surface area contributed by atoms with Gasteiger partial charge in [0.05, 0.1) is 28.6 Å². The Hall–Kier alpha value is -1.79. The van der Waals surface area contributed by atoms with Crippen LogP contribution in [0.5, 0.6) is 0 Å². The van der Waals surface area contributed by atoms with Crippen LogP contribution in [-0.2, 0) is 6.42 Å². The summed E-state index contributed by atoms with van der Waals surface area (Å²) >= 11 is 1.69. The summed E-state index contributed by atoms with van der Waals surface area (Å²) in [6.07, 6.45) is 8.27.